The van der Waals surface area contributed by atoms with E-state index in [9.17, 15) is 9.90 Å². The van der Waals surface area contributed by atoms with E-state index in [1.165, 1.54) is 24.0 Å². The highest BCUT2D eigenvalue weighted by molar-refractivity contribution is 5.78. The number of hydrogen-bond donors (Lipinski definition) is 2. The second kappa shape index (κ2) is 11.1. The lowest BCUT2D eigenvalue weighted by Crippen LogP contribution is -2.49. The van der Waals surface area contributed by atoms with Crippen molar-refractivity contribution >= 4 is 5.91 Å². The molecule has 162 valence electrons. The Balaban J connectivity index is 1.36. The summed E-state index contributed by atoms with van der Waals surface area (Å²) < 4.78 is 4.90. The third-order valence-electron chi connectivity index (χ3n) is 6.50. The molecule has 1 aromatic rings. The first-order valence-electron chi connectivity index (χ1n) is 11.0. The first-order chi connectivity index (χ1) is 14.1. The Labute approximate surface area is 175 Å². The summed E-state index contributed by atoms with van der Waals surface area (Å²) in [5, 5.41) is 12.6. The van der Waals surface area contributed by atoms with Crippen LogP contribution in [-0.2, 0) is 16.1 Å². The molecular weight excluding hydrogens is 366 g/mol. The topological polar surface area (TPSA) is 65.0 Å². The van der Waals surface area contributed by atoms with Crippen molar-refractivity contribution in [3.8, 4) is 0 Å². The number of nitrogens with one attached hydrogen (secondary N) is 1. The normalized spacial score (nSPS) is 21.2. The van der Waals surface area contributed by atoms with Gasteiger partial charge in [-0.15, -0.1) is 0 Å². The van der Waals surface area contributed by atoms with Crippen molar-refractivity contribution in [2.45, 2.75) is 51.3 Å². The van der Waals surface area contributed by atoms with Gasteiger partial charge in [0.1, 0.15) is 0 Å². The van der Waals surface area contributed by atoms with Crippen molar-refractivity contribution < 1.29 is 14.6 Å². The highest BCUT2D eigenvalue weighted by atomic mass is 16.5. The van der Waals surface area contributed by atoms with Gasteiger partial charge >= 0.3 is 0 Å². The van der Waals surface area contributed by atoms with Crippen LogP contribution in [0.1, 0.15) is 36.8 Å². The van der Waals surface area contributed by atoms with Crippen molar-refractivity contribution in [3.05, 3.63) is 35.4 Å². The molecule has 1 atom stereocenters. The monoisotopic (exact) mass is 403 g/mol. The summed E-state index contributed by atoms with van der Waals surface area (Å²) in [4.78, 5) is 17.5. The largest absolute Gasteiger partial charge is 0.389 e. The summed E-state index contributed by atoms with van der Waals surface area (Å²) >= 11 is 0. The molecule has 2 heterocycles. The maximum atomic E-state index is 12.3. The van der Waals surface area contributed by atoms with Crippen LogP contribution in [0.5, 0.6) is 0 Å². The van der Waals surface area contributed by atoms with Crippen LogP contribution in [0.2, 0.25) is 0 Å². The number of carbonyl (C=O) groups excluding carboxylic acids is 1. The van der Waals surface area contributed by atoms with Crippen molar-refractivity contribution in [2.75, 3.05) is 46.4 Å². The predicted octanol–water partition coefficient (Wildman–Crippen LogP) is 1.79. The molecular formula is C23H37N3O3. The molecule has 29 heavy (non-hydrogen) atoms. The Morgan fingerprint density at radius 3 is 2.52 bits per heavy atom. The number of rotatable bonds is 8. The molecule has 3 rings (SSSR count). The zero-order chi connectivity index (χ0) is 20.6. The maximum Gasteiger partial charge on any atom is 0.223 e. The lowest BCUT2D eigenvalue weighted by atomic mass is 9.92. The molecule has 6 heteroatoms. The van der Waals surface area contributed by atoms with E-state index in [-0.39, 0.29) is 25.0 Å². The summed E-state index contributed by atoms with van der Waals surface area (Å²) in [5.41, 5.74) is 2.82. The summed E-state index contributed by atoms with van der Waals surface area (Å²) in [6.07, 6.45) is 3.62. The quantitative estimate of drug-likeness (QED) is 0.693. The van der Waals surface area contributed by atoms with Gasteiger partial charge in [0.25, 0.3) is 0 Å². The average molecular weight is 404 g/mol. The van der Waals surface area contributed by atoms with Gasteiger partial charge in [-0.1, -0.05) is 24.3 Å². The van der Waals surface area contributed by atoms with E-state index in [0.29, 0.717) is 6.04 Å². The van der Waals surface area contributed by atoms with Crippen LogP contribution in [-0.4, -0.2) is 79.4 Å². The third kappa shape index (κ3) is 6.51. The fourth-order valence-electron chi connectivity index (χ4n) is 4.61. The number of piperidine rings is 2. The van der Waals surface area contributed by atoms with E-state index in [1.54, 1.807) is 7.11 Å². The third-order valence-corrected chi connectivity index (χ3v) is 6.50. The molecule has 0 radical (unpaired) electrons. The smallest absolute Gasteiger partial charge is 0.223 e. The Morgan fingerprint density at radius 2 is 1.86 bits per heavy atom. The molecule has 2 N–H and O–H groups in total. The number of carbonyl (C=O) groups is 1. The molecule has 0 aromatic heterocycles. The zero-order valence-corrected chi connectivity index (χ0v) is 18.0. The van der Waals surface area contributed by atoms with Gasteiger partial charge in [0.2, 0.25) is 5.91 Å². The van der Waals surface area contributed by atoms with Crippen LogP contribution in [0.4, 0.5) is 0 Å². The zero-order valence-electron chi connectivity index (χ0n) is 18.0. The van der Waals surface area contributed by atoms with E-state index in [4.69, 9.17) is 4.74 Å². The minimum absolute atomic E-state index is 0.0714. The molecule has 0 unspecified atom stereocenters. The minimum atomic E-state index is -0.631. The van der Waals surface area contributed by atoms with Crippen LogP contribution in [0, 0.1) is 12.8 Å². The van der Waals surface area contributed by atoms with Crippen LogP contribution >= 0.6 is 0 Å². The van der Waals surface area contributed by atoms with Crippen LogP contribution in [0.15, 0.2) is 24.3 Å². The van der Waals surface area contributed by atoms with Crippen molar-refractivity contribution in [3.63, 3.8) is 0 Å². The number of amides is 1. The molecule has 0 bridgehead atoms. The number of aliphatic hydroxyl groups excluding tert-OH is 1. The number of aryl methyl sites for hydroxylation is 1. The molecule has 6 nitrogen and oxygen atoms in total. The lowest BCUT2D eigenvalue weighted by Gasteiger charge is -2.41. The molecule has 2 aliphatic heterocycles. The number of ether oxygens (including phenoxy) is 1. The molecule has 0 aliphatic carbocycles. The SMILES string of the molecule is COC[C@H](O)CNC(=O)C1CCN(C2CCN(Cc3ccccc3C)CC2)CC1. The van der Waals surface area contributed by atoms with E-state index in [0.717, 1.165) is 45.6 Å². The van der Waals surface area contributed by atoms with Gasteiger partial charge in [0.05, 0.1) is 12.7 Å². The highest BCUT2D eigenvalue weighted by Crippen LogP contribution is 2.25. The molecule has 2 saturated heterocycles. The van der Waals surface area contributed by atoms with Crippen LogP contribution in [0.3, 0.4) is 0 Å². The summed E-state index contributed by atoms with van der Waals surface area (Å²) in [7, 11) is 1.55. The van der Waals surface area contributed by atoms with Crippen molar-refractivity contribution in [2.24, 2.45) is 5.92 Å². The first kappa shape index (κ1) is 22.2. The number of benzene rings is 1. The number of aliphatic hydroxyl groups is 1. The summed E-state index contributed by atoms with van der Waals surface area (Å²) in [5.74, 6) is 0.148. The van der Waals surface area contributed by atoms with Crippen molar-refractivity contribution in [1.29, 1.82) is 0 Å². The lowest BCUT2D eigenvalue weighted by molar-refractivity contribution is -0.127. The molecule has 2 aliphatic rings. The van der Waals surface area contributed by atoms with Gasteiger partial charge < -0.3 is 20.1 Å². The molecule has 2 fully saturated rings. The van der Waals surface area contributed by atoms with Crippen LogP contribution < -0.4 is 5.32 Å². The van der Waals surface area contributed by atoms with Gasteiger partial charge in [-0.3, -0.25) is 9.69 Å². The average Bonchev–Trinajstić information content (AvgIpc) is 2.74. The number of methoxy groups -OCH3 is 1. The Kier molecular flexibility index (Phi) is 8.48. The highest BCUT2D eigenvalue weighted by Gasteiger charge is 2.30. The van der Waals surface area contributed by atoms with E-state index in [2.05, 4.69) is 46.3 Å². The van der Waals surface area contributed by atoms with Crippen LogP contribution in [0.25, 0.3) is 0 Å². The fourth-order valence-corrected chi connectivity index (χ4v) is 4.61. The molecule has 1 amide bonds. The van der Waals surface area contributed by atoms with E-state index >= 15 is 0 Å². The Bertz CT molecular complexity index is 638. The second-order valence-electron chi connectivity index (χ2n) is 8.60. The maximum absolute atomic E-state index is 12.3. The van der Waals surface area contributed by atoms with Gasteiger partial charge in [0, 0.05) is 32.2 Å². The fraction of sp³-hybridized carbons (Fsp3) is 0.696. The molecule has 0 saturated carbocycles. The summed E-state index contributed by atoms with van der Waals surface area (Å²) in [6.45, 7) is 8.07. The summed E-state index contributed by atoms with van der Waals surface area (Å²) in [6, 6.07) is 9.33. The molecule has 1 aromatic carbocycles. The van der Waals surface area contributed by atoms with Gasteiger partial charge in [0.15, 0.2) is 0 Å². The standard InChI is InChI=1S/C23H37N3O3/c1-18-5-3-4-6-20(18)16-25-11-9-21(10-12-25)26-13-7-19(8-14-26)23(28)24-15-22(27)17-29-2/h3-6,19,21-22,27H,7-17H2,1-2H3,(H,24,28)/t22-/m1/s1. The Morgan fingerprint density at radius 1 is 1.17 bits per heavy atom. The van der Waals surface area contributed by atoms with Crippen molar-refractivity contribution in [1.82, 2.24) is 15.1 Å². The number of nitrogens with zero attached hydrogens (tertiary/aromatic N) is 2. The predicted molar refractivity (Wildman–Crippen MR) is 115 cm³/mol. The first-order valence-corrected chi connectivity index (χ1v) is 11.0. The van der Waals surface area contributed by atoms with Gasteiger partial charge in [-0.2, -0.15) is 0 Å². The van der Waals surface area contributed by atoms with E-state index in [1.807, 2.05) is 0 Å². The van der Waals surface area contributed by atoms with E-state index < -0.39 is 6.10 Å². The molecule has 0 spiro atoms. The second-order valence-corrected chi connectivity index (χ2v) is 8.60. The number of likely N-dealkylation sites (tertiary alicyclic amines) is 2. The number of hydrogen-bond acceptors (Lipinski definition) is 5. The van der Waals surface area contributed by atoms with Gasteiger partial charge in [-0.05, 0) is 69.9 Å². The van der Waals surface area contributed by atoms with Gasteiger partial charge in [-0.25, -0.2) is 0 Å². The minimum Gasteiger partial charge on any atom is -0.389 e. The Hall–Kier alpha value is -1.47.